The van der Waals surface area contributed by atoms with E-state index >= 15 is 0 Å². The van der Waals surface area contributed by atoms with E-state index in [0.29, 0.717) is 16.3 Å². The van der Waals surface area contributed by atoms with Crippen molar-refractivity contribution in [3.8, 4) is 0 Å². The maximum absolute atomic E-state index is 13.8. The molecule has 0 saturated heterocycles. The van der Waals surface area contributed by atoms with Crippen LogP contribution in [-0.4, -0.2) is 35.6 Å². The van der Waals surface area contributed by atoms with Gasteiger partial charge in [0.2, 0.25) is 5.95 Å². The lowest BCUT2D eigenvalue weighted by atomic mass is 10.2. The third-order valence-electron chi connectivity index (χ3n) is 3.27. The highest BCUT2D eigenvalue weighted by Gasteiger charge is 2.13. The molecule has 2 aromatic heterocycles. The second-order valence-electron chi connectivity index (χ2n) is 5.11. The summed E-state index contributed by atoms with van der Waals surface area (Å²) in [7, 11) is 1.49. The molecule has 132 valence electrons. The van der Waals surface area contributed by atoms with Crippen LogP contribution in [0.25, 0.3) is 0 Å². The lowest BCUT2D eigenvalue weighted by Crippen LogP contribution is -2.18. The van der Waals surface area contributed by atoms with Crippen LogP contribution in [0.15, 0.2) is 29.5 Å². The van der Waals surface area contributed by atoms with Gasteiger partial charge >= 0.3 is 0 Å². The molecule has 25 heavy (non-hydrogen) atoms. The Balaban J connectivity index is 2.09. The van der Waals surface area contributed by atoms with Gasteiger partial charge in [0.05, 0.1) is 23.5 Å². The minimum Gasteiger partial charge on any atom is -0.465 e. The molecule has 2 heterocycles. The van der Waals surface area contributed by atoms with Crippen LogP contribution in [0.1, 0.15) is 21.6 Å². The van der Waals surface area contributed by atoms with Crippen LogP contribution in [0.2, 0.25) is 5.02 Å². The zero-order valence-electron chi connectivity index (χ0n) is 13.7. The summed E-state index contributed by atoms with van der Waals surface area (Å²) in [5, 5.41) is 3.07. The van der Waals surface area contributed by atoms with Crippen LogP contribution in [0.3, 0.4) is 0 Å². The zero-order valence-corrected chi connectivity index (χ0v) is 14.5. The third kappa shape index (κ3) is 5.12. The van der Waals surface area contributed by atoms with E-state index in [1.165, 1.54) is 25.5 Å². The molecular weight excluding hydrogens is 349 g/mol. The fourth-order valence-corrected chi connectivity index (χ4v) is 2.25. The summed E-state index contributed by atoms with van der Waals surface area (Å²) in [4.78, 5) is 23.6. The van der Waals surface area contributed by atoms with Crippen LogP contribution in [-0.2, 0) is 11.2 Å². The van der Waals surface area contributed by atoms with Crippen LogP contribution in [0.5, 0.6) is 0 Å². The highest BCUT2D eigenvalue weighted by Crippen LogP contribution is 2.16. The number of anilines is 1. The van der Waals surface area contributed by atoms with Gasteiger partial charge in [-0.3, -0.25) is 4.79 Å². The molecule has 0 aliphatic rings. The van der Waals surface area contributed by atoms with E-state index in [-0.39, 0.29) is 30.3 Å². The first-order valence-corrected chi connectivity index (χ1v) is 7.71. The monoisotopic (exact) mass is 365 g/mol. The number of rotatable bonds is 5. The number of aryl methyl sites for hydroxylation is 1. The Bertz CT molecular complexity index is 813. The first kappa shape index (κ1) is 18.6. The van der Waals surface area contributed by atoms with Gasteiger partial charge in [-0.2, -0.15) is 4.39 Å². The number of nitrogens with zero attached hydrogens (tertiary/aromatic N) is 3. The lowest BCUT2D eigenvalue weighted by Gasteiger charge is -2.09. The van der Waals surface area contributed by atoms with Gasteiger partial charge in [-0.05, 0) is 24.6 Å². The minimum atomic E-state index is -0.644. The number of ether oxygens (including phenoxy) is 1. The van der Waals surface area contributed by atoms with Crippen molar-refractivity contribution in [3.63, 3.8) is 0 Å². The Morgan fingerprint density at radius 1 is 1.40 bits per heavy atom. The number of nitrogens with one attached hydrogen (secondary N) is 1. The minimum absolute atomic E-state index is 0.0158. The smallest absolute Gasteiger partial charge is 0.281 e. The number of nitrogens with two attached hydrogens (primary N) is 1. The average Bonchev–Trinajstić information content (AvgIpc) is 2.57. The molecule has 9 heteroatoms. The molecule has 0 fully saturated rings. The van der Waals surface area contributed by atoms with Gasteiger partial charge in [0.1, 0.15) is 5.69 Å². The number of halogens is 2. The van der Waals surface area contributed by atoms with E-state index in [2.05, 4.69) is 20.3 Å². The fourth-order valence-electron chi connectivity index (χ4n) is 2.04. The maximum Gasteiger partial charge on any atom is 0.281 e. The lowest BCUT2D eigenvalue weighted by molar-refractivity contribution is 0.102. The number of aliphatic imine (C=N–C) groups is 1. The summed E-state index contributed by atoms with van der Waals surface area (Å²) in [6.07, 6.45) is 2.83. The van der Waals surface area contributed by atoms with Gasteiger partial charge in [0.15, 0.2) is 0 Å². The summed E-state index contributed by atoms with van der Waals surface area (Å²) in [5.41, 5.74) is 6.88. The summed E-state index contributed by atoms with van der Waals surface area (Å²) in [5.74, 6) is -1.08. The Kier molecular flexibility index (Phi) is 6.24. The van der Waals surface area contributed by atoms with E-state index in [1.807, 2.05) is 0 Å². The van der Waals surface area contributed by atoms with Crippen LogP contribution >= 0.6 is 11.6 Å². The Morgan fingerprint density at radius 2 is 2.16 bits per heavy atom. The molecule has 0 saturated carbocycles. The standard InChI is InChI=1S/C16H17ClFN5O2/c1-9-5-11(17)7-21-13(9)15(24)23-12-6-10(14(18)22-8-12)3-4-25-16(19)20-2/h5-8H,3-4H2,1-2H3,(H2,19,20)(H,23,24). The van der Waals surface area contributed by atoms with Crippen molar-refractivity contribution in [3.05, 3.63) is 52.3 Å². The topological polar surface area (TPSA) is 102 Å². The molecule has 0 atom stereocenters. The zero-order chi connectivity index (χ0) is 18.4. The number of hydrogen-bond donors (Lipinski definition) is 2. The number of amidine groups is 1. The molecule has 0 unspecified atom stereocenters. The fraction of sp³-hybridized carbons (Fsp3) is 0.250. The molecule has 7 nitrogen and oxygen atoms in total. The van der Waals surface area contributed by atoms with Crippen molar-refractivity contribution in [2.45, 2.75) is 13.3 Å². The van der Waals surface area contributed by atoms with Crippen molar-refractivity contribution < 1.29 is 13.9 Å². The molecular formula is C16H17ClFN5O2. The molecule has 0 aromatic carbocycles. The normalized spacial score (nSPS) is 11.3. The molecule has 2 aromatic rings. The van der Waals surface area contributed by atoms with Crippen molar-refractivity contribution in [1.82, 2.24) is 9.97 Å². The summed E-state index contributed by atoms with van der Waals surface area (Å²) in [6.45, 7) is 1.86. The van der Waals surface area contributed by atoms with E-state index in [1.54, 1.807) is 13.0 Å². The van der Waals surface area contributed by atoms with Gasteiger partial charge in [-0.1, -0.05) is 11.6 Å². The second kappa shape index (κ2) is 8.39. The number of pyridine rings is 2. The molecule has 1 amide bonds. The summed E-state index contributed by atoms with van der Waals surface area (Å²) >= 11 is 5.83. The number of amides is 1. The third-order valence-corrected chi connectivity index (χ3v) is 3.48. The van der Waals surface area contributed by atoms with Crippen LogP contribution in [0, 0.1) is 12.9 Å². The van der Waals surface area contributed by atoms with Crippen LogP contribution < -0.4 is 11.1 Å². The van der Waals surface area contributed by atoms with E-state index in [4.69, 9.17) is 22.1 Å². The Morgan fingerprint density at radius 3 is 2.84 bits per heavy atom. The Hall–Kier alpha value is -2.74. The van der Waals surface area contributed by atoms with E-state index < -0.39 is 11.9 Å². The van der Waals surface area contributed by atoms with Gasteiger partial charge in [0, 0.05) is 25.2 Å². The highest BCUT2D eigenvalue weighted by atomic mass is 35.5. The first-order chi connectivity index (χ1) is 11.9. The molecule has 0 bridgehead atoms. The molecule has 0 aliphatic carbocycles. The summed E-state index contributed by atoms with van der Waals surface area (Å²) < 4.78 is 18.9. The highest BCUT2D eigenvalue weighted by molar-refractivity contribution is 6.30. The van der Waals surface area contributed by atoms with Gasteiger partial charge in [-0.15, -0.1) is 0 Å². The predicted molar refractivity (Wildman–Crippen MR) is 93.3 cm³/mol. The van der Waals surface area contributed by atoms with E-state index in [0.717, 1.165) is 0 Å². The van der Waals surface area contributed by atoms with Gasteiger partial charge in [0.25, 0.3) is 11.9 Å². The van der Waals surface area contributed by atoms with Crippen molar-refractivity contribution in [2.24, 2.45) is 10.7 Å². The molecule has 2 rings (SSSR count). The van der Waals surface area contributed by atoms with Crippen molar-refractivity contribution >= 4 is 29.2 Å². The molecule has 3 N–H and O–H groups in total. The average molecular weight is 366 g/mol. The van der Waals surface area contributed by atoms with Crippen molar-refractivity contribution in [2.75, 3.05) is 19.0 Å². The molecule has 0 radical (unpaired) electrons. The SMILES string of the molecule is CN=C(N)OCCc1cc(NC(=O)c2ncc(Cl)cc2C)cnc1F. The van der Waals surface area contributed by atoms with Crippen molar-refractivity contribution in [1.29, 1.82) is 0 Å². The maximum atomic E-state index is 13.8. The van der Waals surface area contributed by atoms with E-state index in [9.17, 15) is 9.18 Å². The predicted octanol–water partition coefficient (Wildman–Crippen LogP) is 2.33. The Labute approximate surface area is 149 Å². The largest absolute Gasteiger partial charge is 0.465 e. The number of aromatic nitrogens is 2. The quantitative estimate of drug-likeness (QED) is 0.481. The number of carbonyl (C=O) groups excluding carboxylic acids is 1. The molecule has 0 spiro atoms. The molecule has 0 aliphatic heterocycles. The van der Waals surface area contributed by atoms with Gasteiger partial charge in [-0.25, -0.2) is 15.0 Å². The van der Waals surface area contributed by atoms with Crippen LogP contribution in [0.4, 0.5) is 10.1 Å². The number of hydrogen-bond acceptors (Lipinski definition) is 5. The first-order valence-electron chi connectivity index (χ1n) is 7.33. The number of carbonyl (C=O) groups is 1. The summed E-state index contributed by atoms with van der Waals surface area (Å²) in [6, 6.07) is 3.13. The van der Waals surface area contributed by atoms with Gasteiger partial charge < -0.3 is 15.8 Å². The second-order valence-corrected chi connectivity index (χ2v) is 5.54.